The molecule has 0 spiro atoms. The van der Waals surface area contributed by atoms with Crippen LogP contribution >= 0.6 is 0 Å². The Kier molecular flexibility index (Phi) is 5.08. The third-order valence-electron chi connectivity index (χ3n) is 6.21. The van der Waals surface area contributed by atoms with Crippen molar-refractivity contribution in [2.75, 3.05) is 18.5 Å². The molecule has 3 aromatic rings. The molecule has 2 aliphatic rings. The van der Waals surface area contributed by atoms with Crippen LogP contribution in [0.2, 0.25) is 0 Å². The summed E-state index contributed by atoms with van der Waals surface area (Å²) in [4.78, 5) is 35.7. The summed E-state index contributed by atoms with van der Waals surface area (Å²) in [6, 6.07) is 17.3. The van der Waals surface area contributed by atoms with Crippen molar-refractivity contribution in [3.63, 3.8) is 0 Å². The number of fused-ring (bicyclic) bond motifs is 3. The van der Waals surface area contributed by atoms with Crippen LogP contribution in [0.15, 0.2) is 59.1 Å². The average Bonchev–Trinajstić information content (AvgIpc) is 3.37. The molecule has 0 radical (unpaired) electrons. The summed E-state index contributed by atoms with van der Waals surface area (Å²) in [5, 5.41) is 17.8. The number of rotatable bonds is 7. The van der Waals surface area contributed by atoms with Crippen LogP contribution < -0.4 is 10.6 Å². The molecule has 33 heavy (non-hydrogen) atoms. The fourth-order valence-corrected chi connectivity index (χ4v) is 4.13. The maximum absolute atomic E-state index is 12.3. The average molecular weight is 447 g/mol. The fourth-order valence-electron chi connectivity index (χ4n) is 4.13. The monoisotopic (exact) mass is 447 g/mol. The lowest BCUT2D eigenvalue weighted by Crippen LogP contribution is -2.34. The van der Waals surface area contributed by atoms with Crippen molar-refractivity contribution in [3.05, 3.63) is 71.4 Å². The zero-order chi connectivity index (χ0) is 23.0. The number of nitrogens with one attached hydrogen (secondary N) is 2. The lowest BCUT2D eigenvalue weighted by Gasteiger charge is -2.13. The summed E-state index contributed by atoms with van der Waals surface area (Å²) >= 11 is 0. The first kappa shape index (κ1) is 20.7. The van der Waals surface area contributed by atoms with Crippen LogP contribution in [0, 0.1) is 5.41 Å². The second kappa shape index (κ2) is 8.09. The third-order valence-corrected chi connectivity index (χ3v) is 6.21. The molecule has 0 saturated heterocycles. The molecule has 0 bridgehead atoms. The number of amides is 2. The van der Waals surface area contributed by atoms with Gasteiger partial charge in [0.2, 0.25) is 5.88 Å². The number of hydrogen-bond donors (Lipinski definition) is 3. The molecule has 9 nitrogen and oxygen atoms in total. The second-order valence-electron chi connectivity index (χ2n) is 8.30. The van der Waals surface area contributed by atoms with Gasteiger partial charge in [-0.15, -0.1) is 0 Å². The number of aliphatic carboxylic acids is 1. The molecule has 0 aliphatic heterocycles. The molecule has 168 valence electrons. The minimum atomic E-state index is -0.930. The van der Waals surface area contributed by atoms with Crippen LogP contribution in [0.25, 0.3) is 11.1 Å². The van der Waals surface area contributed by atoms with E-state index in [0.29, 0.717) is 12.8 Å². The first-order valence-corrected chi connectivity index (χ1v) is 10.6. The maximum atomic E-state index is 12.3. The van der Waals surface area contributed by atoms with E-state index in [1.54, 1.807) is 0 Å². The number of carboxylic acids is 1. The van der Waals surface area contributed by atoms with Gasteiger partial charge >= 0.3 is 12.1 Å². The van der Waals surface area contributed by atoms with Crippen LogP contribution in [0.5, 0.6) is 0 Å². The zero-order valence-corrected chi connectivity index (χ0v) is 17.5. The number of anilines is 1. The first-order valence-electron chi connectivity index (χ1n) is 10.6. The highest BCUT2D eigenvalue weighted by Gasteiger charge is 2.50. The van der Waals surface area contributed by atoms with Gasteiger partial charge in [-0.25, -0.2) is 4.79 Å². The molecule has 1 fully saturated rings. The van der Waals surface area contributed by atoms with Crippen LogP contribution in [0.1, 0.15) is 40.4 Å². The Bertz CT molecular complexity index is 1200. The van der Waals surface area contributed by atoms with E-state index in [0.717, 1.165) is 22.3 Å². The van der Waals surface area contributed by atoms with Gasteiger partial charge in [0.1, 0.15) is 6.61 Å². The van der Waals surface area contributed by atoms with E-state index in [2.05, 4.69) is 27.9 Å². The number of carboxylic acid groups (broad SMARTS) is 1. The van der Waals surface area contributed by atoms with Crippen molar-refractivity contribution < 1.29 is 28.8 Å². The summed E-state index contributed by atoms with van der Waals surface area (Å²) in [5.74, 6) is -1.63. The SMILES string of the molecule is O=C(Nc1cc(C(=O)NCC2(C(=O)O)CC2)no1)OCC1c2ccccc2-c2ccccc21. The van der Waals surface area contributed by atoms with Gasteiger partial charge in [0.15, 0.2) is 5.69 Å². The normalized spacial score (nSPS) is 15.3. The predicted molar refractivity (Wildman–Crippen MR) is 117 cm³/mol. The summed E-state index contributed by atoms with van der Waals surface area (Å²) < 4.78 is 10.4. The van der Waals surface area contributed by atoms with E-state index in [1.807, 2.05) is 36.4 Å². The highest BCUT2D eigenvalue weighted by molar-refractivity contribution is 5.94. The summed E-state index contributed by atoms with van der Waals surface area (Å²) in [7, 11) is 0. The van der Waals surface area contributed by atoms with Gasteiger partial charge in [0.25, 0.3) is 5.91 Å². The number of nitrogens with zero attached hydrogens (tertiary/aromatic N) is 1. The van der Waals surface area contributed by atoms with Crippen LogP contribution in [0.3, 0.4) is 0 Å². The van der Waals surface area contributed by atoms with Crippen molar-refractivity contribution in [1.82, 2.24) is 10.5 Å². The standard InChI is InChI=1S/C24H21N3O6/c28-21(25-13-24(9-10-24)22(29)30)19-11-20(33-27-19)26-23(31)32-12-18-16-7-3-1-5-14(16)15-6-2-4-8-17(15)18/h1-8,11,18H,9-10,12-13H2,(H,25,28)(H,26,31)(H,29,30). The van der Waals surface area contributed by atoms with Crippen LogP contribution in [-0.4, -0.2) is 41.4 Å². The Morgan fingerprint density at radius 1 is 1.06 bits per heavy atom. The van der Waals surface area contributed by atoms with E-state index in [-0.39, 0.29) is 30.6 Å². The molecular formula is C24H21N3O6. The zero-order valence-electron chi connectivity index (χ0n) is 17.5. The Morgan fingerprint density at radius 3 is 2.30 bits per heavy atom. The molecule has 1 heterocycles. The number of hydrogen-bond acceptors (Lipinski definition) is 6. The molecule has 0 unspecified atom stereocenters. The van der Waals surface area contributed by atoms with Gasteiger partial charge in [-0.1, -0.05) is 53.7 Å². The lowest BCUT2D eigenvalue weighted by molar-refractivity contribution is -0.143. The topological polar surface area (TPSA) is 131 Å². The lowest BCUT2D eigenvalue weighted by atomic mass is 9.98. The van der Waals surface area contributed by atoms with Crippen molar-refractivity contribution in [2.24, 2.45) is 5.41 Å². The number of ether oxygens (including phenoxy) is 1. The Morgan fingerprint density at radius 2 is 1.70 bits per heavy atom. The molecule has 0 atom stereocenters. The Hall–Kier alpha value is -4.14. The van der Waals surface area contributed by atoms with E-state index in [9.17, 15) is 19.5 Å². The van der Waals surface area contributed by atoms with Crippen molar-refractivity contribution >= 4 is 23.9 Å². The largest absolute Gasteiger partial charge is 0.481 e. The van der Waals surface area contributed by atoms with Gasteiger partial charge in [0, 0.05) is 18.5 Å². The summed E-state index contributed by atoms with van der Waals surface area (Å²) in [6.45, 7) is 0.155. The minimum absolute atomic E-state index is 0.0170. The minimum Gasteiger partial charge on any atom is -0.481 e. The van der Waals surface area contributed by atoms with E-state index in [4.69, 9.17) is 9.26 Å². The molecule has 2 amide bonds. The Labute approximate surface area is 188 Å². The van der Waals surface area contributed by atoms with Gasteiger partial charge in [-0.2, -0.15) is 0 Å². The van der Waals surface area contributed by atoms with E-state index in [1.165, 1.54) is 6.07 Å². The first-order chi connectivity index (χ1) is 16.0. The smallest absolute Gasteiger partial charge is 0.414 e. The highest BCUT2D eigenvalue weighted by Crippen LogP contribution is 2.45. The number of carbonyl (C=O) groups is 3. The van der Waals surface area contributed by atoms with Crippen LogP contribution in [0.4, 0.5) is 10.7 Å². The van der Waals surface area contributed by atoms with Gasteiger partial charge in [0.05, 0.1) is 5.41 Å². The molecule has 1 aromatic heterocycles. The Balaban J connectivity index is 1.18. The molecular weight excluding hydrogens is 426 g/mol. The number of aromatic nitrogens is 1. The number of carbonyl (C=O) groups excluding carboxylic acids is 2. The van der Waals surface area contributed by atoms with Crippen molar-refractivity contribution in [1.29, 1.82) is 0 Å². The molecule has 2 aromatic carbocycles. The fraction of sp³-hybridized carbons (Fsp3) is 0.250. The summed E-state index contributed by atoms with van der Waals surface area (Å²) in [5.41, 5.74) is 3.50. The predicted octanol–water partition coefficient (Wildman–Crippen LogP) is 3.63. The number of benzene rings is 2. The van der Waals surface area contributed by atoms with Crippen molar-refractivity contribution in [3.8, 4) is 11.1 Å². The van der Waals surface area contributed by atoms with E-state index >= 15 is 0 Å². The quantitative estimate of drug-likeness (QED) is 0.504. The van der Waals surface area contributed by atoms with Gasteiger partial charge < -0.3 is 19.7 Å². The van der Waals surface area contributed by atoms with Gasteiger partial charge in [-0.3, -0.25) is 14.9 Å². The van der Waals surface area contributed by atoms with Crippen molar-refractivity contribution in [2.45, 2.75) is 18.8 Å². The third kappa shape index (κ3) is 3.93. The second-order valence-corrected chi connectivity index (χ2v) is 8.30. The molecule has 9 heteroatoms. The molecule has 5 rings (SSSR count). The van der Waals surface area contributed by atoms with Gasteiger partial charge in [-0.05, 0) is 35.1 Å². The molecule has 3 N–H and O–H groups in total. The summed E-state index contributed by atoms with van der Waals surface area (Å²) in [6.07, 6.45) is 0.314. The molecule has 2 aliphatic carbocycles. The maximum Gasteiger partial charge on any atom is 0.414 e. The highest BCUT2D eigenvalue weighted by atomic mass is 16.6. The van der Waals surface area contributed by atoms with Crippen LogP contribution in [-0.2, 0) is 9.53 Å². The molecule has 1 saturated carbocycles. The van der Waals surface area contributed by atoms with E-state index < -0.39 is 23.4 Å².